The van der Waals surface area contributed by atoms with Gasteiger partial charge in [0.2, 0.25) is 0 Å². The standard InChI is InChI=1S/C19H19N3O3S/c1-12(17-10-13-6-4-9-16(24-3)18(13)25-17)21-22-19(26)20-14-7-5-8-15(11-14)23-2/h4-11H,1-3H3,(H2,20,22,26)/b21-12-. The predicted molar refractivity (Wildman–Crippen MR) is 107 cm³/mol. The molecule has 26 heavy (non-hydrogen) atoms. The molecule has 0 saturated heterocycles. The van der Waals surface area contributed by atoms with Crippen LogP contribution in [0.2, 0.25) is 0 Å². The summed E-state index contributed by atoms with van der Waals surface area (Å²) in [6, 6.07) is 15.1. The van der Waals surface area contributed by atoms with E-state index in [-0.39, 0.29) is 0 Å². The number of fused-ring (bicyclic) bond motifs is 1. The summed E-state index contributed by atoms with van der Waals surface area (Å²) in [5.41, 5.74) is 4.98. The number of furan rings is 1. The minimum atomic E-state index is 0.367. The SMILES string of the molecule is COc1cccc(NC(=S)N/N=C(/C)c2cc3cccc(OC)c3o2)c1. The first-order valence-corrected chi connectivity index (χ1v) is 8.34. The maximum atomic E-state index is 5.86. The van der Waals surface area contributed by atoms with Crippen molar-refractivity contribution in [2.75, 3.05) is 19.5 Å². The molecule has 0 saturated carbocycles. The lowest BCUT2D eigenvalue weighted by Gasteiger charge is -2.08. The van der Waals surface area contributed by atoms with Gasteiger partial charge in [-0.25, -0.2) is 0 Å². The number of rotatable bonds is 5. The van der Waals surface area contributed by atoms with Crippen LogP contribution in [-0.2, 0) is 0 Å². The molecular weight excluding hydrogens is 350 g/mol. The number of nitrogens with one attached hydrogen (secondary N) is 2. The molecule has 2 aromatic carbocycles. The molecule has 1 heterocycles. The van der Waals surface area contributed by atoms with E-state index in [0.717, 1.165) is 16.8 Å². The van der Waals surface area contributed by atoms with Crippen molar-refractivity contribution in [3.8, 4) is 11.5 Å². The average Bonchev–Trinajstić information content (AvgIpc) is 3.10. The third kappa shape index (κ3) is 3.94. The minimum absolute atomic E-state index is 0.367. The van der Waals surface area contributed by atoms with Gasteiger partial charge in [0.25, 0.3) is 0 Å². The molecule has 0 atom stereocenters. The van der Waals surface area contributed by atoms with Gasteiger partial charge in [0.1, 0.15) is 11.5 Å². The maximum absolute atomic E-state index is 5.86. The van der Waals surface area contributed by atoms with E-state index >= 15 is 0 Å². The fraction of sp³-hybridized carbons (Fsp3) is 0.158. The first kappa shape index (κ1) is 17.8. The summed E-state index contributed by atoms with van der Waals surface area (Å²) >= 11 is 5.27. The van der Waals surface area contributed by atoms with Crippen LogP contribution in [0.25, 0.3) is 11.0 Å². The van der Waals surface area contributed by atoms with Crippen molar-refractivity contribution in [1.29, 1.82) is 0 Å². The smallest absolute Gasteiger partial charge is 0.191 e. The largest absolute Gasteiger partial charge is 0.497 e. The molecule has 0 aliphatic heterocycles. The number of ether oxygens (including phenoxy) is 2. The second-order valence-electron chi connectivity index (χ2n) is 5.48. The molecule has 134 valence electrons. The van der Waals surface area contributed by atoms with Gasteiger partial charge in [0, 0.05) is 17.1 Å². The number of anilines is 1. The van der Waals surface area contributed by atoms with E-state index in [9.17, 15) is 0 Å². The molecular formula is C19H19N3O3S. The molecule has 0 aliphatic carbocycles. The monoisotopic (exact) mass is 369 g/mol. The minimum Gasteiger partial charge on any atom is -0.497 e. The Labute approximate surface area is 156 Å². The molecule has 0 radical (unpaired) electrons. The van der Waals surface area contributed by atoms with Crippen LogP contribution in [-0.4, -0.2) is 25.0 Å². The second kappa shape index (κ2) is 7.88. The highest BCUT2D eigenvalue weighted by Gasteiger charge is 2.10. The molecule has 0 aliphatic rings. The van der Waals surface area contributed by atoms with E-state index in [0.29, 0.717) is 27.9 Å². The lowest BCUT2D eigenvalue weighted by atomic mass is 10.2. The number of hydrogen-bond donors (Lipinski definition) is 2. The summed E-state index contributed by atoms with van der Waals surface area (Å²) in [5.74, 6) is 2.07. The third-order valence-corrected chi connectivity index (χ3v) is 3.93. The van der Waals surface area contributed by atoms with Crippen LogP contribution in [0.5, 0.6) is 11.5 Å². The third-order valence-electron chi connectivity index (χ3n) is 3.74. The van der Waals surface area contributed by atoms with Gasteiger partial charge in [-0.1, -0.05) is 18.2 Å². The Morgan fingerprint density at radius 3 is 2.65 bits per heavy atom. The van der Waals surface area contributed by atoms with Gasteiger partial charge in [-0.2, -0.15) is 5.10 Å². The van der Waals surface area contributed by atoms with Crippen LogP contribution in [0.4, 0.5) is 5.69 Å². The van der Waals surface area contributed by atoms with Gasteiger partial charge >= 0.3 is 0 Å². The Morgan fingerprint density at radius 1 is 1.08 bits per heavy atom. The quantitative estimate of drug-likeness (QED) is 0.400. The Balaban J connectivity index is 1.70. The van der Waals surface area contributed by atoms with Crippen molar-refractivity contribution >= 4 is 39.7 Å². The van der Waals surface area contributed by atoms with Gasteiger partial charge in [-0.05, 0) is 43.4 Å². The predicted octanol–water partition coefficient (Wildman–Crippen LogP) is 4.16. The van der Waals surface area contributed by atoms with Crippen molar-refractivity contribution in [1.82, 2.24) is 5.43 Å². The number of hydrogen-bond acceptors (Lipinski definition) is 5. The van der Waals surface area contributed by atoms with E-state index in [1.165, 1.54) is 0 Å². The van der Waals surface area contributed by atoms with Crippen molar-refractivity contribution < 1.29 is 13.9 Å². The Morgan fingerprint density at radius 2 is 1.88 bits per heavy atom. The highest BCUT2D eigenvalue weighted by Crippen LogP contribution is 2.28. The molecule has 6 nitrogen and oxygen atoms in total. The summed E-state index contributed by atoms with van der Waals surface area (Å²) in [4.78, 5) is 0. The molecule has 3 aromatic rings. The Kier molecular flexibility index (Phi) is 5.38. The van der Waals surface area contributed by atoms with Gasteiger partial charge in [-0.3, -0.25) is 5.43 Å². The van der Waals surface area contributed by atoms with Crippen molar-refractivity contribution in [3.63, 3.8) is 0 Å². The molecule has 0 amide bonds. The van der Waals surface area contributed by atoms with Gasteiger partial charge < -0.3 is 19.2 Å². The fourth-order valence-electron chi connectivity index (χ4n) is 2.42. The van der Waals surface area contributed by atoms with Crippen LogP contribution < -0.4 is 20.2 Å². The molecule has 7 heteroatoms. The summed E-state index contributed by atoms with van der Waals surface area (Å²) in [6.07, 6.45) is 0. The van der Waals surface area contributed by atoms with Gasteiger partial charge in [-0.15, -0.1) is 0 Å². The topological polar surface area (TPSA) is 68.0 Å². The molecule has 0 unspecified atom stereocenters. The van der Waals surface area contributed by atoms with E-state index in [1.807, 2.05) is 55.5 Å². The zero-order valence-corrected chi connectivity index (χ0v) is 15.5. The summed E-state index contributed by atoms with van der Waals surface area (Å²) in [6.45, 7) is 1.84. The summed E-state index contributed by atoms with van der Waals surface area (Å²) < 4.78 is 16.4. The zero-order valence-electron chi connectivity index (χ0n) is 14.7. The van der Waals surface area contributed by atoms with E-state index in [4.69, 9.17) is 26.1 Å². The van der Waals surface area contributed by atoms with Crippen LogP contribution in [0, 0.1) is 0 Å². The Bertz CT molecular complexity index is 966. The molecule has 1 aromatic heterocycles. The molecule has 0 fully saturated rings. The molecule has 2 N–H and O–H groups in total. The first-order valence-electron chi connectivity index (χ1n) is 7.93. The van der Waals surface area contributed by atoms with Crippen LogP contribution in [0.15, 0.2) is 58.0 Å². The van der Waals surface area contributed by atoms with Crippen molar-refractivity contribution in [3.05, 3.63) is 54.3 Å². The van der Waals surface area contributed by atoms with Crippen molar-refractivity contribution in [2.45, 2.75) is 6.92 Å². The van der Waals surface area contributed by atoms with Crippen LogP contribution in [0.1, 0.15) is 12.7 Å². The number of hydrazone groups is 1. The van der Waals surface area contributed by atoms with E-state index in [2.05, 4.69) is 15.8 Å². The molecule has 0 spiro atoms. The zero-order chi connectivity index (χ0) is 18.5. The first-order chi connectivity index (χ1) is 12.6. The van der Waals surface area contributed by atoms with Crippen molar-refractivity contribution in [2.24, 2.45) is 5.10 Å². The van der Waals surface area contributed by atoms with Crippen LogP contribution >= 0.6 is 12.2 Å². The molecule has 0 bridgehead atoms. The number of nitrogens with zero attached hydrogens (tertiary/aromatic N) is 1. The second-order valence-corrected chi connectivity index (χ2v) is 5.89. The number of methoxy groups -OCH3 is 2. The molecule has 3 rings (SSSR count). The summed E-state index contributed by atoms with van der Waals surface area (Å²) in [5, 5.41) is 8.65. The Hall–Kier alpha value is -3.06. The highest BCUT2D eigenvalue weighted by atomic mass is 32.1. The van der Waals surface area contributed by atoms with Gasteiger partial charge in [0.15, 0.2) is 22.2 Å². The average molecular weight is 369 g/mol. The highest BCUT2D eigenvalue weighted by molar-refractivity contribution is 7.80. The van der Waals surface area contributed by atoms with E-state index < -0.39 is 0 Å². The fourth-order valence-corrected chi connectivity index (χ4v) is 2.59. The summed E-state index contributed by atoms with van der Waals surface area (Å²) in [7, 11) is 3.23. The number of thiocarbonyl (C=S) groups is 1. The number of benzene rings is 2. The van der Waals surface area contributed by atoms with Crippen LogP contribution in [0.3, 0.4) is 0 Å². The van der Waals surface area contributed by atoms with Gasteiger partial charge in [0.05, 0.1) is 14.2 Å². The van der Waals surface area contributed by atoms with E-state index in [1.54, 1.807) is 14.2 Å². The lowest BCUT2D eigenvalue weighted by molar-refractivity contribution is 0.410. The maximum Gasteiger partial charge on any atom is 0.191 e. The number of para-hydroxylation sites is 1. The normalized spacial score (nSPS) is 11.3. The lowest BCUT2D eigenvalue weighted by Crippen LogP contribution is -2.24.